The number of hydrogen-bond acceptors (Lipinski definition) is 3. The number of aryl methyl sites for hydroxylation is 1. The second kappa shape index (κ2) is 6.07. The number of amides is 1. The topological polar surface area (TPSA) is 62.5 Å². The second-order valence-corrected chi connectivity index (χ2v) is 4.71. The molecule has 0 bridgehead atoms. The van der Waals surface area contributed by atoms with Gasteiger partial charge in [-0.05, 0) is 36.8 Å². The van der Waals surface area contributed by atoms with Gasteiger partial charge in [-0.1, -0.05) is 11.6 Å². The number of carbonyl (C=O) groups excluding carboxylic acids is 1. The van der Waals surface area contributed by atoms with Crippen molar-refractivity contribution in [1.82, 2.24) is 5.32 Å². The van der Waals surface area contributed by atoms with Gasteiger partial charge in [0.25, 0.3) is 5.91 Å². The SMILES string of the molecule is Cc1cc(C(=O)NC(CO)c2ccco2)c(Cl)cc1F. The van der Waals surface area contributed by atoms with Crippen LogP contribution >= 0.6 is 11.6 Å². The number of nitrogens with one attached hydrogen (secondary N) is 1. The molecule has 1 atom stereocenters. The summed E-state index contributed by atoms with van der Waals surface area (Å²) in [4.78, 5) is 12.1. The maximum absolute atomic E-state index is 13.3. The maximum atomic E-state index is 13.3. The van der Waals surface area contributed by atoms with Crippen LogP contribution in [0.4, 0.5) is 4.39 Å². The van der Waals surface area contributed by atoms with Gasteiger partial charge in [-0.3, -0.25) is 4.79 Å². The van der Waals surface area contributed by atoms with Crippen molar-refractivity contribution in [2.24, 2.45) is 0 Å². The fourth-order valence-electron chi connectivity index (χ4n) is 1.76. The summed E-state index contributed by atoms with van der Waals surface area (Å²) >= 11 is 5.86. The summed E-state index contributed by atoms with van der Waals surface area (Å²) in [6.07, 6.45) is 1.44. The first-order chi connectivity index (χ1) is 9.52. The van der Waals surface area contributed by atoms with Crippen molar-refractivity contribution < 1.29 is 18.7 Å². The first-order valence-corrected chi connectivity index (χ1v) is 6.31. The molecule has 0 spiro atoms. The van der Waals surface area contributed by atoms with Crippen molar-refractivity contribution in [3.05, 3.63) is 58.3 Å². The molecular weight excluding hydrogens is 285 g/mol. The van der Waals surface area contributed by atoms with Crippen LogP contribution in [-0.4, -0.2) is 17.6 Å². The van der Waals surface area contributed by atoms with Crippen LogP contribution in [-0.2, 0) is 0 Å². The Morgan fingerprint density at radius 1 is 1.55 bits per heavy atom. The lowest BCUT2D eigenvalue weighted by molar-refractivity contribution is 0.0907. The van der Waals surface area contributed by atoms with E-state index in [9.17, 15) is 14.3 Å². The molecule has 0 saturated heterocycles. The Balaban J connectivity index is 2.21. The Kier molecular flexibility index (Phi) is 4.42. The Bertz CT molecular complexity index is 613. The number of carbonyl (C=O) groups is 1. The number of aliphatic hydroxyl groups excluding tert-OH is 1. The van der Waals surface area contributed by atoms with Crippen molar-refractivity contribution in [2.75, 3.05) is 6.61 Å². The zero-order valence-electron chi connectivity index (χ0n) is 10.7. The van der Waals surface area contributed by atoms with Gasteiger partial charge < -0.3 is 14.8 Å². The Morgan fingerprint density at radius 2 is 2.30 bits per heavy atom. The van der Waals surface area contributed by atoms with Crippen LogP contribution in [0.15, 0.2) is 34.9 Å². The predicted octanol–water partition coefficient (Wildman–Crippen LogP) is 2.84. The summed E-state index contributed by atoms with van der Waals surface area (Å²) in [5, 5.41) is 11.9. The lowest BCUT2D eigenvalue weighted by atomic mass is 10.1. The molecule has 0 aliphatic rings. The smallest absolute Gasteiger partial charge is 0.253 e. The third-order valence-corrected chi connectivity index (χ3v) is 3.18. The van der Waals surface area contributed by atoms with Gasteiger partial charge in [-0.25, -0.2) is 4.39 Å². The molecule has 1 unspecified atom stereocenters. The van der Waals surface area contributed by atoms with Gasteiger partial charge in [0.1, 0.15) is 17.6 Å². The molecule has 2 N–H and O–H groups in total. The van der Waals surface area contributed by atoms with E-state index in [4.69, 9.17) is 16.0 Å². The van der Waals surface area contributed by atoms with E-state index in [1.54, 1.807) is 19.1 Å². The van der Waals surface area contributed by atoms with Crippen molar-refractivity contribution >= 4 is 17.5 Å². The molecule has 1 heterocycles. The van der Waals surface area contributed by atoms with Crippen LogP contribution in [0.1, 0.15) is 27.7 Å². The monoisotopic (exact) mass is 297 g/mol. The molecule has 1 aromatic carbocycles. The van der Waals surface area contributed by atoms with E-state index in [1.165, 1.54) is 12.3 Å². The molecule has 2 rings (SSSR count). The minimum atomic E-state index is -0.682. The average Bonchev–Trinajstić information content (AvgIpc) is 2.93. The van der Waals surface area contributed by atoms with Crippen LogP contribution in [0.5, 0.6) is 0 Å². The van der Waals surface area contributed by atoms with Crippen molar-refractivity contribution in [3.63, 3.8) is 0 Å². The van der Waals surface area contributed by atoms with E-state index >= 15 is 0 Å². The molecule has 106 valence electrons. The van der Waals surface area contributed by atoms with Crippen molar-refractivity contribution in [1.29, 1.82) is 0 Å². The Labute approximate surface area is 120 Å². The van der Waals surface area contributed by atoms with E-state index in [0.29, 0.717) is 11.3 Å². The van der Waals surface area contributed by atoms with Gasteiger partial charge in [0.15, 0.2) is 0 Å². The van der Waals surface area contributed by atoms with Crippen LogP contribution in [0.25, 0.3) is 0 Å². The summed E-state index contributed by atoms with van der Waals surface area (Å²) in [5.74, 6) is -0.555. The van der Waals surface area contributed by atoms with Gasteiger partial charge in [-0.2, -0.15) is 0 Å². The highest BCUT2D eigenvalue weighted by molar-refractivity contribution is 6.33. The lowest BCUT2D eigenvalue weighted by Crippen LogP contribution is -2.30. The molecule has 20 heavy (non-hydrogen) atoms. The summed E-state index contributed by atoms with van der Waals surface area (Å²) in [6.45, 7) is 1.22. The molecule has 6 heteroatoms. The molecule has 0 radical (unpaired) electrons. The largest absolute Gasteiger partial charge is 0.467 e. The zero-order chi connectivity index (χ0) is 14.7. The third-order valence-electron chi connectivity index (χ3n) is 2.87. The summed E-state index contributed by atoms with van der Waals surface area (Å²) < 4.78 is 18.4. The zero-order valence-corrected chi connectivity index (χ0v) is 11.4. The second-order valence-electron chi connectivity index (χ2n) is 4.31. The van der Waals surface area contributed by atoms with Crippen LogP contribution in [0.3, 0.4) is 0 Å². The molecule has 2 aromatic rings. The summed E-state index contributed by atoms with van der Waals surface area (Å²) in [6, 6.07) is 5.06. The molecule has 0 aliphatic carbocycles. The molecular formula is C14H13ClFNO3. The number of rotatable bonds is 4. The predicted molar refractivity (Wildman–Crippen MR) is 72.1 cm³/mol. The maximum Gasteiger partial charge on any atom is 0.253 e. The Morgan fingerprint density at radius 3 is 2.90 bits per heavy atom. The third kappa shape index (κ3) is 3.00. The number of halogens is 2. The van der Waals surface area contributed by atoms with Gasteiger partial charge in [0.05, 0.1) is 23.5 Å². The quantitative estimate of drug-likeness (QED) is 0.912. The highest BCUT2D eigenvalue weighted by Crippen LogP contribution is 2.21. The standard InChI is InChI=1S/C14H13ClFNO3/c1-8-5-9(10(15)6-11(8)16)14(19)17-12(7-18)13-3-2-4-20-13/h2-6,12,18H,7H2,1H3,(H,17,19). The molecule has 4 nitrogen and oxygen atoms in total. The van der Waals surface area contributed by atoms with Gasteiger partial charge in [-0.15, -0.1) is 0 Å². The van der Waals surface area contributed by atoms with E-state index in [1.807, 2.05) is 0 Å². The minimum Gasteiger partial charge on any atom is -0.467 e. The minimum absolute atomic E-state index is 0.0155. The Hall–Kier alpha value is -1.85. The van der Waals surface area contributed by atoms with Crippen LogP contribution in [0.2, 0.25) is 5.02 Å². The van der Waals surface area contributed by atoms with Crippen molar-refractivity contribution in [2.45, 2.75) is 13.0 Å². The fraction of sp³-hybridized carbons (Fsp3) is 0.214. The summed E-state index contributed by atoms with van der Waals surface area (Å²) in [7, 11) is 0. The fourth-order valence-corrected chi connectivity index (χ4v) is 2.00. The van der Waals surface area contributed by atoms with Gasteiger partial charge in [0.2, 0.25) is 0 Å². The van der Waals surface area contributed by atoms with E-state index in [-0.39, 0.29) is 17.2 Å². The van der Waals surface area contributed by atoms with E-state index in [0.717, 1.165) is 6.07 Å². The molecule has 1 amide bonds. The lowest BCUT2D eigenvalue weighted by Gasteiger charge is -2.15. The van der Waals surface area contributed by atoms with E-state index < -0.39 is 17.8 Å². The molecule has 0 aliphatic heterocycles. The van der Waals surface area contributed by atoms with Gasteiger partial charge in [0, 0.05) is 0 Å². The van der Waals surface area contributed by atoms with Crippen LogP contribution < -0.4 is 5.32 Å². The first-order valence-electron chi connectivity index (χ1n) is 5.93. The van der Waals surface area contributed by atoms with Crippen LogP contribution in [0, 0.1) is 12.7 Å². The number of hydrogen-bond donors (Lipinski definition) is 2. The molecule has 0 fully saturated rings. The number of benzene rings is 1. The number of aliphatic hydroxyl groups is 1. The average molecular weight is 298 g/mol. The highest BCUT2D eigenvalue weighted by atomic mass is 35.5. The summed E-state index contributed by atoms with van der Waals surface area (Å²) in [5.41, 5.74) is 0.466. The van der Waals surface area contributed by atoms with Crippen molar-refractivity contribution in [3.8, 4) is 0 Å². The normalized spacial score (nSPS) is 12.2. The highest BCUT2D eigenvalue weighted by Gasteiger charge is 2.19. The molecule has 1 aromatic heterocycles. The van der Waals surface area contributed by atoms with E-state index in [2.05, 4.69) is 5.32 Å². The van der Waals surface area contributed by atoms with Gasteiger partial charge >= 0.3 is 0 Å². The molecule has 0 saturated carbocycles. The number of furan rings is 1. The first kappa shape index (κ1) is 14.6.